The Morgan fingerprint density at radius 3 is 2.95 bits per heavy atom. The Kier molecular flexibility index (Phi) is 3.99. The third-order valence-corrected chi connectivity index (χ3v) is 3.75. The van der Waals surface area contributed by atoms with Gasteiger partial charge in [-0.15, -0.1) is 0 Å². The van der Waals surface area contributed by atoms with Gasteiger partial charge < -0.3 is 15.7 Å². The van der Waals surface area contributed by atoms with E-state index in [1.807, 2.05) is 36.4 Å². The second kappa shape index (κ2) is 6.08. The fourth-order valence-electron chi connectivity index (χ4n) is 2.70. The molecule has 1 heterocycles. The summed E-state index contributed by atoms with van der Waals surface area (Å²) in [6.07, 6.45) is 0.944. The van der Waals surface area contributed by atoms with Gasteiger partial charge in [-0.25, -0.2) is 0 Å². The number of nitrogens with one attached hydrogen (secondary N) is 2. The molecule has 1 unspecified atom stereocenters. The molecule has 0 fully saturated rings. The Hall–Kier alpha value is -2.17. The second-order valence-electron chi connectivity index (χ2n) is 5.18. The number of fused-ring (bicyclic) bond motifs is 1. The first-order valence-electron chi connectivity index (χ1n) is 7.10. The lowest BCUT2D eigenvalue weighted by molar-refractivity contribution is -0.118. The van der Waals surface area contributed by atoms with Crippen LogP contribution in [0.15, 0.2) is 48.5 Å². The number of aliphatic hydroxyl groups is 1. The highest BCUT2D eigenvalue weighted by molar-refractivity contribution is 5.96. The first kappa shape index (κ1) is 13.8. The number of rotatable bonds is 3. The van der Waals surface area contributed by atoms with Crippen LogP contribution in [0.1, 0.15) is 22.7 Å². The molecule has 0 bridgehead atoms. The smallest absolute Gasteiger partial charge is 0.246 e. The zero-order valence-electron chi connectivity index (χ0n) is 11.7. The van der Waals surface area contributed by atoms with E-state index in [1.165, 1.54) is 5.56 Å². The standard InChI is InChI=1S/C17H18N2O2/c20-11-12-4-3-6-14(10-12)19-17(21)16-15-7-2-1-5-13(15)8-9-18-16/h1-7,10,16,18,20H,8-9,11H2,(H,19,21). The van der Waals surface area contributed by atoms with Crippen LogP contribution in [-0.4, -0.2) is 17.6 Å². The summed E-state index contributed by atoms with van der Waals surface area (Å²) in [5.74, 6) is -0.0720. The molecule has 0 saturated carbocycles. The number of hydrogen-bond acceptors (Lipinski definition) is 3. The van der Waals surface area contributed by atoms with Crippen LogP contribution in [-0.2, 0) is 17.8 Å². The SMILES string of the molecule is O=C(Nc1cccc(CO)c1)C1NCCc2ccccc21. The van der Waals surface area contributed by atoms with Crippen molar-refractivity contribution in [3.63, 3.8) is 0 Å². The highest BCUT2D eigenvalue weighted by Gasteiger charge is 2.25. The molecule has 2 aromatic rings. The molecule has 1 atom stereocenters. The summed E-state index contributed by atoms with van der Waals surface area (Å²) in [6, 6.07) is 15.0. The minimum atomic E-state index is -0.326. The summed E-state index contributed by atoms with van der Waals surface area (Å²) in [5, 5.41) is 15.3. The molecule has 4 heteroatoms. The van der Waals surface area contributed by atoms with Crippen molar-refractivity contribution in [2.45, 2.75) is 19.1 Å². The Morgan fingerprint density at radius 2 is 2.10 bits per heavy atom. The maximum Gasteiger partial charge on any atom is 0.246 e. The van der Waals surface area contributed by atoms with Crippen LogP contribution >= 0.6 is 0 Å². The first-order valence-corrected chi connectivity index (χ1v) is 7.10. The molecule has 3 rings (SSSR count). The van der Waals surface area contributed by atoms with Crippen LogP contribution in [0.2, 0.25) is 0 Å². The molecule has 108 valence electrons. The topological polar surface area (TPSA) is 61.4 Å². The van der Waals surface area contributed by atoms with E-state index in [1.54, 1.807) is 6.07 Å². The van der Waals surface area contributed by atoms with Crippen LogP contribution in [0.25, 0.3) is 0 Å². The molecule has 2 aromatic carbocycles. The van der Waals surface area contributed by atoms with Crippen molar-refractivity contribution in [3.8, 4) is 0 Å². The molecule has 0 spiro atoms. The Balaban J connectivity index is 1.80. The summed E-state index contributed by atoms with van der Waals surface area (Å²) < 4.78 is 0. The molecule has 4 nitrogen and oxygen atoms in total. The van der Waals surface area contributed by atoms with Crippen molar-refractivity contribution in [1.29, 1.82) is 0 Å². The fraction of sp³-hybridized carbons (Fsp3) is 0.235. The minimum Gasteiger partial charge on any atom is -0.392 e. The van der Waals surface area contributed by atoms with Crippen molar-refractivity contribution in [1.82, 2.24) is 5.32 Å². The lowest BCUT2D eigenvalue weighted by Crippen LogP contribution is -2.38. The van der Waals surface area contributed by atoms with Gasteiger partial charge in [0.05, 0.1) is 6.61 Å². The number of carbonyl (C=O) groups is 1. The fourth-order valence-corrected chi connectivity index (χ4v) is 2.70. The minimum absolute atomic E-state index is 0.0335. The summed E-state index contributed by atoms with van der Waals surface area (Å²) in [6.45, 7) is 0.764. The van der Waals surface area contributed by atoms with Gasteiger partial charge in [0.25, 0.3) is 0 Å². The van der Waals surface area contributed by atoms with Crippen LogP contribution < -0.4 is 10.6 Å². The Morgan fingerprint density at radius 1 is 1.24 bits per heavy atom. The largest absolute Gasteiger partial charge is 0.392 e. The zero-order valence-corrected chi connectivity index (χ0v) is 11.7. The van der Waals surface area contributed by atoms with Crippen molar-refractivity contribution in [2.75, 3.05) is 11.9 Å². The van der Waals surface area contributed by atoms with Gasteiger partial charge in [0.1, 0.15) is 6.04 Å². The van der Waals surface area contributed by atoms with E-state index < -0.39 is 0 Å². The molecule has 0 radical (unpaired) electrons. The molecular weight excluding hydrogens is 264 g/mol. The lowest BCUT2D eigenvalue weighted by atomic mass is 9.94. The van der Waals surface area contributed by atoms with E-state index >= 15 is 0 Å². The molecule has 21 heavy (non-hydrogen) atoms. The second-order valence-corrected chi connectivity index (χ2v) is 5.18. The third-order valence-electron chi connectivity index (χ3n) is 3.75. The average molecular weight is 282 g/mol. The van der Waals surface area contributed by atoms with Crippen molar-refractivity contribution < 1.29 is 9.90 Å². The quantitative estimate of drug-likeness (QED) is 0.807. The van der Waals surface area contributed by atoms with Gasteiger partial charge in [-0.05, 0) is 35.2 Å². The van der Waals surface area contributed by atoms with Crippen LogP contribution in [0.4, 0.5) is 5.69 Å². The highest BCUT2D eigenvalue weighted by Crippen LogP contribution is 2.24. The molecule has 3 N–H and O–H groups in total. The third kappa shape index (κ3) is 2.96. The molecule has 1 aliphatic rings. The number of amides is 1. The predicted octanol–water partition coefficient (Wildman–Crippen LogP) is 2.00. The molecule has 1 amide bonds. The van der Waals surface area contributed by atoms with Crippen LogP contribution in [0.3, 0.4) is 0 Å². The first-order chi connectivity index (χ1) is 10.3. The number of carbonyl (C=O) groups excluding carboxylic acids is 1. The Bertz CT molecular complexity index is 655. The van der Waals surface area contributed by atoms with Gasteiger partial charge in [0.15, 0.2) is 0 Å². The van der Waals surface area contributed by atoms with Gasteiger partial charge in [0.2, 0.25) is 5.91 Å². The van der Waals surface area contributed by atoms with Gasteiger partial charge in [-0.1, -0.05) is 36.4 Å². The van der Waals surface area contributed by atoms with E-state index in [-0.39, 0.29) is 18.6 Å². The van der Waals surface area contributed by atoms with Crippen molar-refractivity contribution in [3.05, 3.63) is 65.2 Å². The van der Waals surface area contributed by atoms with Crippen molar-refractivity contribution >= 4 is 11.6 Å². The summed E-state index contributed by atoms with van der Waals surface area (Å²) in [5.41, 5.74) is 3.75. The number of benzene rings is 2. The predicted molar refractivity (Wildman–Crippen MR) is 81.9 cm³/mol. The number of aliphatic hydroxyl groups excluding tert-OH is 1. The summed E-state index contributed by atoms with van der Waals surface area (Å²) >= 11 is 0. The van der Waals surface area contributed by atoms with Gasteiger partial charge >= 0.3 is 0 Å². The maximum atomic E-state index is 12.5. The number of hydrogen-bond donors (Lipinski definition) is 3. The van der Waals surface area contributed by atoms with Gasteiger partial charge in [0, 0.05) is 12.2 Å². The molecule has 0 aliphatic carbocycles. The van der Waals surface area contributed by atoms with Crippen LogP contribution in [0, 0.1) is 0 Å². The molecular formula is C17H18N2O2. The van der Waals surface area contributed by atoms with E-state index in [2.05, 4.69) is 16.7 Å². The zero-order chi connectivity index (χ0) is 14.7. The molecule has 0 saturated heterocycles. The normalized spacial score (nSPS) is 17.1. The Labute approximate surface area is 123 Å². The summed E-state index contributed by atoms with van der Waals surface area (Å²) in [7, 11) is 0. The average Bonchev–Trinajstić information content (AvgIpc) is 2.54. The number of anilines is 1. The van der Waals surface area contributed by atoms with E-state index in [4.69, 9.17) is 5.11 Å². The van der Waals surface area contributed by atoms with E-state index in [9.17, 15) is 4.79 Å². The lowest BCUT2D eigenvalue weighted by Gasteiger charge is -2.26. The molecule has 0 aromatic heterocycles. The van der Waals surface area contributed by atoms with Gasteiger partial charge in [-0.2, -0.15) is 0 Å². The maximum absolute atomic E-state index is 12.5. The van der Waals surface area contributed by atoms with E-state index in [0.29, 0.717) is 5.69 Å². The van der Waals surface area contributed by atoms with Crippen LogP contribution in [0.5, 0.6) is 0 Å². The highest BCUT2D eigenvalue weighted by atomic mass is 16.3. The monoisotopic (exact) mass is 282 g/mol. The van der Waals surface area contributed by atoms with Crippen molar-refractivity contribution in [2.24, 2.45) is 0 Å². The molecule has 1 aliphatic heterocycles. The van der Waals surface area contributed by atoms with Gasteiger partial charge in [-0.3, -0.25) is 4.79 Å². The summed E-state index contributed by atoms with van der Waals surface area (Å²) in [4.78, 5) is 12.5. The van der Waals surface area contributed by atoms with E-state index in [0.717, 1.165) is 24.1 Å².